The molecule has 6 heteroatoms. The van der Waals surface area contributed by atoms with Gasteiger partial charge in [0, 0.05) is 28.5 Å². The Kier molecular flexibility index (Phi) is 5.91. The van der Waals surface area contributed by atoms with Crippen molar-refractivity contribution in [1.29, 1.82) is 0 Å². The van der Waals surface area contributed by atoms with Gasteiger partial charge in [0.05, 0.1) is 0 Å². The van der Waals surface area contributed by atoms with E-state index >= 15 is 0 Å². The van der Waals surface area contributed by atoms with E-state index in [1.54, 1.807) is 18.2 Å². The molecule has 1 atom stereocenters. The van der Waals surface area contributed by atoms with Crippen LogP contribution in [0.5, 0.6) is 0 Å². The van der Waals surface area contributed by atoms with Gasteiger partial charge in [-0.05, 0) is 44.5 Å². The minimum atomic E-state index is -0.545. The number of amides is 1. The fourth-order valence-electron chi connectivity index (χ4n) is 1.82. The summed E-state index contributed by atoms with van der Waals surface area (Å²) in [5, 5.41) is 3.88. The topological polar surface area (TPSA) is 64.3 Å². The minimum Gasteiger partial charge on any atom is -0.444 e. The van der Waals surface area contributed by atoms with Crippen molar-refractivity contribution in [2.75, 3.05) is 13.1 Å². The average molecular weight is 333 g/mol. The van der Waals surface area contributed by atoms with Gasteiger partial charge in [0.2, 0.25) is 0 Å². The summed E-state index contributed by atoms with van der Waals surface area (Å²) >= 11 is 12.2. The van der Waals surface area contributed by atoms with Gasteiger partial charge in [-0.25, -0.2) is 4.79 Å². The second-order valence-corrected chi connectivity index (χ2v) is 7.09. The summed E-state index contributed by atoms with van der Waals surface area (Å²) in [5.41, 5.74) is 5.61. The molecule has 1 aromatic carbocycles. The van der Waals surface area contributed by atoms with Gasteiger partial charge in [-0.2, -0.15) is 0 Å². The van der Waals surface area contributed by atoms with E-state index in [2.05, 4.69) is 5.32 Å². The maximum absolute atomic E-state index is 11.8. The van der Waals surface area contributed by atoms with Gasteiger partial charge < -0.3 is 15.8 Å². The molecule has 0 radical (unpaired) electrons. The van der Waals surface area contributed by atoms with E-state index in [0.29, 0.717) is 23.1 Å². The number of benzene rings is 1. The molecule has 0 fully saturated rings. The Labute approximate surface area is 135 Å². The summed E-state index contributed by atoms with van der Waals surface area (Å²) in [7, 11) is 0. The molecule has 1 unspecified atom stereocenters. The van der Waals surface area contributed by atoms with E-state index in [1.165, 1.54) is 0 Å². The molecule has 0 bridgehead atoms. The third-order valence-corrected chi connectivity index (χ3v) is 3.62. The molecule has 0 aliphatic rings. The van der Waals surface area contributed by atoms with Crippen LogP contribution in [0.3, 0.4) is 0 Å². The minimum absolute atomic E-state index is 0.304. The number of alkyl carbamates (subject to hydrolysis) is 1. The number of hydrogen-bond donors (Lipinski definition) is 2. The lowest BCUT2D eigenvalue weighted by Gasteiger charge is -2.30. The molecule has 0 aliphatic carbocycles. The number of halogens is 2. The lowest BCUT2D eigenvalue weighted by Crippen LogP contribution is -2.45. The summed E-state index contributed by atoms with van der Waals surface area (Å²) in [4.78, 5) is 11.8. The number of carbonyl (C=O) groups excluding carboxylic acids is 1. The van der Waals surface area contributed by atoms with Crippen LogP contribution >= 0.6 is 23.2 Å². The Morgan fingerprint density at radius 3 is 2.43 bits per heavy atom. The number of nitrogens with one attached hydrogen (secondary N) is 1. The summed E-state index contributed by atoms with van der Waals surface area (Å²) in [5.74, 6) is 0. The van der Waals surface area contributed by atoms with E-state index in [9.17, 15) is 4.79 Å². The van der Waals surface area contributed by atoms with Crippen molar-refractivity contribution in [3.8, 4) is 0 Å². The zero-order valence-corrected chi connectivity index (χ0v) is 14.3. The molecule has 0 spiro atoms. The molecule has 3 N–H and O–H groups in total. The summed E-state index contributed by atoms with van der Waals surface area (Å²) in [6.45, 7) is 7.96. The third-order valence-electron chi connectivity index (χ3n) is 3.05. The predicted octanol–water partition coefficient (Wildman–Crippen LogP) is 3.73. The van der Waals surface area contributed by atoms with Crippen LogP contribution in [0.4, 0.5) is 4.79 Å². The van der Waals surface area contributed by atoms with Crippen molar-refractivity contribution >= 4 is 29.3 Å². The molecule has 21 heavy (non-hydrogen) atoms. The number of carbonyl (C=O) groups is 1. The fraction of sp³-hybridized carbons (Fsp3) is 0.533. The highest BCUT2D eigenvalue weighted by atomic mass is 35.5. The van der Waals surface area contributed by atoms with E-state index in [-0.39, 0.29) is 0 Å². The molecular weight excluding hydrogens is 311 g/mol. The average Bonchev–Trinajstić information content (AvgIpc) is 2.37. The van der Waals surface area contributed by atoms with Crippen LogP contribution in [0.2, 0.25) is 10.0 Å². The number of nitrogens with two attached hydrogens (primary N) is 1. The Bertz CT molecular complexity index is 515. The van der Waals surface area contributed by atoms with E-state index < -0.39 is 17.1 Å². The molecule has 1 rings (SSSR count). The summed E-state index contributed by atoms with van der Waals surface area (Å²) in [6, 6.07) is 5.21. The van der Waals surface area contributed by atoms with Crippen LogP contribution in [0, 0.1) is 0 Å². The highest BCUT2D eigenvalue weighted by Crippen LogP contribution is 2.31. The van der Waals surface area contributed by atoms with Crippen LogP contribution in [0.15, 0.2) is 18.2 Å². The van der Waals surface area contributed by atoms with Crippen LogP contribution in [0.1, 0.15) is 33.3 Å². The fourth-order valence-corrected chi connectivity index (χ4v) is 2.34. The molecule has 1 amide bonds. The van der Waals surface area contributed by atoms with Gasteiger partial charge in [-0.3, -0.25) is 0 Å². The zero-order valence-electron chi connectivity index (χ0n) is 12.8. The molecular formula is C15H22Cl2N2O2. The molecule has 1 aromatic rings. The van der Waals surface area contributed by atoms with Gasteiger partial charge in [-0.1, -0.05) is 30.1 Å². The Morgan fingerprint density at radius 1 is 1.29 bits per heavy atom. The van der Waals surface area contributed by atoms with E-state index in [1.807, 2.05) is 27.7 Å². The highest BCUT2D eigenvalue weighted by molar-refractivity contribution is 6.33. The molecule has 4 nitrogen and oxygen atoms in total. The smallest absolute Gasteiger partial charge is 0.407 e. The van der Waals surface area contributed by atoms with Crippen molar-refractivity contribution in [1.82, 2.24) is 5.32 Å². The van der Waals surface area contributed by atoms with E-state index in [4.69, 9.17) is 33.7 Å². The predicted molar refractivity (Wildman–Crippen MR) is 87.1 cm³/mol. The number of hydrogen-bond acceptors (Lipinski definition) is 3. The monoisotopic (exact) mass is 332 g/mol. The molecule has 0 saturated carbocycles. The maximum Gasteiger partial charge on any atom is 0.407 e. The molecule has 0 saturated heterocycles. The second-order valence-electron chi connectivity index (χ2n) is 6.24. The number of rotatable bonds is 4. The summed E-state index contributed by atoms with van der Waals surface area (Å²) in [6.07, 6.45) is -0.486. The maximum atomic E-state index is 11.8. The standard InChI is InChI=1S/C15H22Cl2N2O2/c1-14(2,3)21-13(20)19-9-15(4,8-18)11-7-10(16)5-6-12(11)17/h5-7H,8-9,18H2,1-4H3,(H,19,20). The largest absolute Gasteiger partial charge is 0.444 e. The summed E-state index contributed by atoms with van der Waals surface area (Å²) < 4.78 is 5.22. The lowest BCUT2D eigenvalue weighted by atomic mass is 9.82. The highest BCUT2D eigenvalue weighted by Gasteiger charge is 2.29. The van der Waals surface area contributed by atoms with Crippen molar-refractivity contribution in [2.24, 2.45) is 5.73 Å². The molecule has 118 valence electrons. The van der Waals surface area contributed by atoms with Crippen molar-refractivity contribution < 1.29 is 9.53 Å². The van der Waals surface area contributed by atoms with Gasteiger partial charge in [-0.15, -0.1) is 0 Å². The van der Waals surface area contributed by atoms with Gasteiger partial charge in [0.25, 0.3) is 0 Å². The van der Waals surface area contributed by atoms with E-state index in [0.717, 1.165) is 5.56 Å². The first kappa shape index (κ1) is 18.1. The van der Waals surface area contributed by atoms with Crippen LogP contribution < -0.4 is 11.1 Å². The first-order valence-electron chi connectivity index (χ1n) is 6.70. The SMILES string of the molecule is CC(C)(C)OC(=O)NCC(C)(CN)c1cc(Cl)ccc1Cl. The first-order valence-corrected chi connectivity index (χ1v) is 7.45. The lowest BCUT2D eigenvalue weighted by molar-refractivity contribution is 0.0516. The van der Waals surface area contributed by atoms with Crippen LogP contribution in [0.25, 0.3) is 0 Å². The second kappa shape index (κ2) is 6.86. The van der Waals surface area contributed by atoms with Gasteiger partial charge in [0.1, 0.15) is 5.60 Å². The molecule has 0 aromatic heterocycles. The Morgan fingerprint density at radius 2 is 1.90 bits per heavy atom. The number of ether oxygens (including phenoxy) is 1. The zero-order chi connectivity index (χ0) is 16.3. The van der Waals surface area contributed by atoms with Gasteiger partial charge >= 0.3 is 6.09 Å². The van der Waals surface area contributed by atoms with Crippen molar-refractivity contribution in [2.45, 2.75) is 38.7 Å². The van der Waals surface area contributed by atoms with Crippen molar-refractivity contribution in [3.63, 3.8) is 0 Å². The Balaban J connectivity index is 2.86. The molecule has 0 heterocycles. The van der Waals surface area contributed by atoms with Crippen molar-refractivity contribution in [3.05, 3.63) is 33.8 Å². The Hall–Kier alpha value is -0.970. The first-order chi connectivity index (χ1) is 9.57. The molecule has 0 aliphatic heterocycles. The normalized spacial score (nSPS) is 14.4. The third kappa shape index (κ3) is 5.38. The van der Waals surface area contributed by atoms with Crippen LogP contribution in [-0.2, 0) is 10.2 Å². The van der Waals surface area contributed by atoms with Gasteiger partial charge in [0.15, 0.2) is 0 Å². The quantitative estimate of drug-likeness (QED) is 0.882. The van der Waals surface area contributed by atoms with Crippen LogP contribution in [-0.4, -0.2) is 24.8 Å².